The lowest BCUT2D eigenvalue weighted by atomic mass is 10.3. The summed E-state index contributed by atoms with van der Waals surface area (Å²) in [6, 6.07) is 0. The van der Waals surface area contributed by atoms with Gasteiger partial charge in [0.1, 0.15) is 6.61 Å². The molecule has 0 aromatic rings. The van der Waals surface area contributed by atoms with Crippen LogP contribution in [0.1, 0.15) is 12.8 Å². The van der Waals surface area contributed by atoms with Gasteiger partial charge in [-0.05, 0) is 12.8 Å². The van der Waals surface area contributed by atoms with Crippen molar-refractivity contribution in [1.29, 1.82) is 0 Å². The molecule has 0 aliphatic heterocycles. The van der Waals surface area contributed by atoms with Crippen molar-refractivity contribution in [2.75, 3.05) is 26.7 Å². The Balaban J connectivity index is 2.77. The van der Waals surface area contributed by atoms with Crippen molar-refractivity contribution in [2.45, 2.75) is 12.8 Å². The fourth-order valence-electron chi connectivity index (χ4n) is 0.575. The van der Waals surface area contributed by atoms with Crippen LogP contribution < -0.4 is 0 Å². The molecule has 12 heavy (non-hydrogen) atoms. The Morgan fingerprint density at radius 3 is 2.58 bits per heavy atom. The third-order valence-corrected chi connectivity index (χ3v) is 1.11. The summed E-state index contributed by atoms with van der Waals surface area (Å²) in [5, 5.41) is 0. The second kappa shape index (κ2) is 10.6. The van der Waals surface area contributed by atoms with E-state index in [-0.39, 0.29) is 0 Å². The summed E-state index contributed by atoms with van der Waals surface area (Å²) in [6.45, 7) is 4.06. The molecule has 0 saturated carbocycles. The minimum absolute atomic E-state index is 0.390. The quantitative estimate of drug-likeness (QED) is 0.233. The van der Waals surface area contributed by atoms with E-state index in [1.807, 2.05) is 0 Å². The number of hydrogen-bond donors (Lipinski definition) is 0. The predicted octanol–water partition coefficient (Wildman–Crippen LogP) is 1.84. The summed E-state index contributed by atoms with van der Waals surface area (Å²) >= 11 is 0. The van der Waals surface area contributed by atoms with Crippen molar-refractivity contribution >= 4 is 0 Å². The third kappa shape index (κ3) is 9.55. The molecule has 0 atom stereocenters. The van der Waals surface area contributed by atoms with Crippen LogP contribution in [0.4, 0.5) is 4.39 Å². The number of rotatable bonds is 9. The van der Waals surface area contributed by atoms with E-state index in [0.29, 0.717) is 19.8 Å². The van der Waals surface area contributed by atoms with E-state index in [1.165, 1.54) is 0 Å². The number of unbranched alkanes of at least 4 members (excludes halogenated alkanes) is 1. The van der Waals surface area contributed by atoms with Crippen LogP contribution in [0.3, 0.4) is 0 Å². The van der Waals surface area contributed by atoms with Gasteiger partial charge in [0.05, 0.1) is 6.61 Å². The molecule has 0 unspecified atom stereocenters. The second-order valence-electron chi connectivity index (χ2n) is 2.12. The lowest BCUT2D eigenvalue weighted by Crippen LogP contribution is -1.99. The van der Waals surface area contributed by atoms with Crippen LogP contribution in [0.15, 0.2) is 12.7 Å². The van der Waals surface area contributed by atoms with E-state index < -0.39 is 6.86 Å². The maximum Gasteiger partial charge on any atom is 0.188 e. The molecule has 0 rings (SSSR count). The summed E-state index contributed by atoms with van der Waals surface area (Å²) in [6.07, 6.45) is 3.19. The molecule has 0 heterocycles. The molecule has 4 heteroatoms. The molecule has 0 aromatic carbocycles. The minimum atomic E-state index is -0.714. The highest BCUT2D eigenvalue weighted by Gasteiger charge is 1.89. The van der Waals surface area contributed by atoms with Gasteiger partial charge in [0, 0.05) is 6.61 Å². The van der Waals surface area contributed by atoms with Crippen molar-refractivity contribution < 1.29 is 18.9 Å². The van der Waals surface area contributed by atoms with Gasteiger partial charge < -0.3 is 4.74 Å². The molecule has 0 aliphatic carbocycles. The van der Waals surface area contributed by atoms with E-state index in [9.17, 15) is 4.39 Å². The molecule has 0 N–H and O–H groups in total. The standard InChI is InChI=1S/C8H15FO3/c1-2-5-11-12-7-4-3-6-10-8-9/h2H,1,3-8H2. The van der Waals surface area contributed by atoms with E-state index in [0.717, 1.165) is 12.8 Å². The van der Waals surface area contributed by atoms with Gasteiger partial charge >= 0.3 is 0 Å². The SMILES string of the molecule is C=CCOOCCCCOCF. The molecular weight excluding hydrogens is 163 g/mol. The zero-order chi connectivity index (χ0) is 9.07. The Labute approximate surface area is 72.0 Å². The normalized spacial score (nSPS) is 10.1. The van der Waals surface area contributed by atoms with Crippen molar-refractivity contribution in [1.82, 2.24) is 0 Å². The highest BCUT2D eigenvalue weighted by Crippen LogP contribution is 1.92. The fourth-order valence-corrected chi connectivity index (χ4v) is 0.575. The van der Waals surface area contributed by atoms with Gasteiger partial charge in [-0.2, -0.15) is 0 Å². The lowest BCUT2D eigenvalue weighted by Gasteiger charge is -2.01. The van der Waals surface area contributed by atoms with Crippen LogP contribution in [-0.2, 0) is 14.5 Å². The Hall–Kier alpha value is -0.450. The maximum absolute atomic E-state index is 11.4. The predicted molar refractivity (Wildman–Crippen MR) is 43.3 cm³/mol. The summed E-state index contributed by atoms with van der Waals surface area (Å²) in [5.41, 5.74) is 0. The second-order valence-corrected chi connectivity index (χ2v) is 2.12. The summed E-state index contributed by atoms with van der Waals surface area (Å²) < 4.78 is 15.9. The topological polar surface area (TPSA) is 27.7 Å². The van der Waals surface area contributed by atoms with E-state index in [4.69, 9.17) is 4.89 Å². The van der Waals surface area contributed by atoms with Gasteiger partial charge in [0.25, 0.3) is 0 Å². The van der Waals surface area contributed by atoms with Crippen LogP contribution in [0, 0.1) is 0 Å². The van der Waals surface area contributed by atoms with Crippen LogP contribution in [0.5, 0.6) is 0 Å². The van der Waals surface area contributed by atoms with E-state index >= 15 is 0 Å². The highest BCUT2D eigenvalue weighted by molar-refractivity contribution is 4.62. The molecule has 0 amide bonds. The summed E-state index contributed by atoms with van der Waals surface area (Å²) in [7, 11) is 0. The zero-order valence-electron chi connectivity index (χ0n) is 7.13. The largest absolute Gasteiger partial charge is 0.350 e. The number of alkyl halides is 1. The summed E-state index contributed by atoms with van der Waals surface area (Å²) in [5.74, 6) is 0. The summed E-state index contributed by atoms with van der Waals surface area (Å²) in [4.78, 5) is 9.39. The third-order valence-electron chi connectivity index (χ3n) is 1.11. The van der Waals surface area contributed by atoms with Gasteiger partial charge in [-0.1, -0.05) is 6.08 Å². The average Bonchev–Trinajstić information content (AvgIpc) is 2.10. The molecule has 72 valence electrons. The fraction of sp³-hybridized carbons (Fsp3) is 0.750. The highest BCUT2D eigenvalue weighted by atomic mass is 19.1. The van der Waals surface area contributed by atoms with Gasteiger partial charge in [-0.15, -0.1) is 6.58 Å². The maximum atomic E-state index is 11.4. The Morgan fingerprint density at radius 2 is 1.92 bits per heavy atom. The first kappa shape index (κ1) is 11.6. The van der Waals surface area contributed by atoms with Crippen LogP contribution >= 0.6 is 0 Å². The van der Waals surface area contributed by atoms with E-state index in [1.54, 1.807) is 6.08 Å². The van der Waals surface area contributed by atoms with Crippen LogP contribution in [0.2, 0.25) is 0 Å². The number of halogens is 1. The van der Waals surface area contributed by atoms with Gasteiger partial charge in [-0.25, -0.2) is 14.2 Å². The first-order valence-corrected chi connectivity index (χ1v) is 3.91. The van der Waals surface area contributed by atoms with Crippen LogP contribution in [0.25, 0.3) is 0 Å². The molecule has 0 aromatic heterocycles. The minimum Gasteiger partial charge on any atom is -0.350 e. The van der Waals surface area contributed by atoms with Crippen molar-refractivity contribution in [3.63, 3.8) is 0 Å². The van der Waals surface area contributed by atoms with Crippen molar-refractivity contribution in [3.8, 4) is 0 Å². The molecule has 0 fully saturated rings. The molecular formula is C8H15FO3. The first-order valence-electron chi connectivity index (χ1n) is 3.91. The monoisotopic (exact) mass is 178 g/mol. The molecule has 0 bridgehead atoms. The Bertz CT molecular complexity index is 98.3. The van der Waals surface area contributed by atoms with Gasteiger partial charge in [-0.3, -0.25) is 0 Å². The molecule has 0 aliphatic rings. The van der Waals surface area contributed by atoms with Gasteiger partial charge in [0.15, 0.2) is 6.86 Å². The first-order chi connectivity index (χ1) is 5.91. The molecule has 0 saturated heterocycles. The van der Waals surface area contributed by atoms with E-state index in [2.05, 4.69) is 16.2 Å². The number of ether oxygens (including phenoxy) is 1. The van der Waals surface area contributed by atoms with Gasteiger partial charge in [0.2, 0.25) is 0 Å². The molecule has 3 nitrogen and oxygen atoms in total. The average molecular weight is 178 g/mol. The van der Waals surface area contributed by atoms with Crippen LogP contribution in [-0.4, -0.2) is 26.7 Å². The zero-order valence-corrected chi connectivity index (χ0v) is 7.13. The molecule has 0 radical (unpaired) electrons. The Kier molecular flexibility index (Phi) is 10.2. The molecule has 0 spiro atoms. The van der Waals surface area contributed by atoms with Crippen molar-refractivity contribution in [3.05, 3.63) is 12.7 Å². The van der Waals surface area contributed by atoms with Crippen molar-refractivity contribution in [2.24, 2.45) is 0 Å². The number of hydrogen-bond acceptors (Lipinski definition) is 3. The smallest absolute Gasteiger partial charge is 0.188 e. The Morgan fingerprint density at radius 1 is 1.17 bits per heavy atom. The lowest BCUT2D eigenvalue weighted by molar-refractivity contribution is -0.286.